The van der Waals surface area contributed by atoms with Crippen LogP contribution in [0, 0.1) is 0 Å². The Labute approximate surface area is 240 Å². The fourth-order valence-electron chi connectivity index (χ4n) is 5.97. The first-order valence-corrected chi connectivity index (χ1v) is 17.9. The predicted octanol–water partition coefficient (Wildman–Crippen LogP) is 11.9. The van der Waals surface area contributed by atoms with Crippen molar-refractivity contribution in [3.05, 3.63) is 18.2 Å². The van der Waals surface area contributed by atoms with Crippen LogP contribution >= 0.6 is 0 Å². The van der Waals surface area contributed by atoms with Crippen molar-refractivity contribution in [2.45, 2.75) is 214 Å². The standard InChI is InChI=1S/C36H71N2/c1-4-7-10-12-14-16-17-18-19-20-21-23-25-27-30-33-38-35-34-37(36(38)31-28-9-6-3)32-29-26-24-22-15-13-11-8-5-2/h34-35H,4-33H2,1-3H3/q+1. The van der Waals surface area contributed by atoms with Crippen LogP contribution in [-0.2, 0) is 19.5 Å². The zero-order valence-electron chi connectivity index (χ0n) is 26.8. The molecule has 2 heteroatoms. The molecule has 0 fully saturated rings. The topological polar surface area (TPSA) is 8.81 Å². The van der Waals surface area contributed by atoms with Crippen LogP contribution in [-0.4, -0.2) is 4.57 Å². The Hall–Kier alpha value is -0.790. The number of aryl methyl sites for hydroxylation is 2. The van der Waals surface area contributed by atoms with Crippen LogP contribution < -0.4 is 4.57 Å². The SMILES string of the molecule is CCCCCCCCCCCCCCCCCn1cc[n+](CCCCCCCCCCC)c1CCCCC. The van der Waals surface area contributed by atoms with E-state index >= 15 is 0 Å². The molecule has 1 rings (SSSR count). The molecule has 0 saturated carbocycles. The molecule has 0 atom stereocenters. The molecule has 0 aliphatic rings. The summed E-state index contributed by atoms with van der Waals surface area (Å²) in [6, 6.07) is 0. The molecule has 0 saturated heterocycles. The van der Waals surface area contributed by atoms with E-state index in [4.69, 9.17) is 0 Å². The van der Waals surface area contributed by atoms with Crippen molar-refractivity contribution in [3.63, 3.8) is 0 Å². The molecule has 0 aliphatic carbocycles. The fraction of sp³-hybridized carbons (Fsp3) is 0.917. The molecule has 38 heavy (non-hydrogen) atoms. The van der Waals surface area contributed by atoms with Crippen LogP contribution in [0.5, 0.6) is 0 Å². The van der Waals surface area contributed by atoms with E-state index in [1.54, 1.807) is 5.82 Å². The Balaban J connectivity index is 2.13. The normalized spacial score (nSPS) is 11.6. The lowest BCUT2D eigenvalue weighted by Crippen LogP contribution is -2.37. The summed E-state index contributed by atoms with van der Waals surface area (Å²) in [5.74, 6) is 1.60. The van der Waals surface area contributed by atoms with Gasteiger partial charge in [-0.15, -0.1) is 0 Å². The maximum absolute atomic E-state index is 2.60. The summed E-state index contributed by atoms with van der Waals surface area (Å²) in [6.07, 6.45) is 44.5. The van der Waals surface area contributed by atoms with Crippen LogP contribution in [0.1, 0.15) is 200 Å². The summed E-state index contributed by atoms with van der Waals surface area (Å²) in [5, 5.41) is 0. The lowest BCUT2D eigenvalue weighted by atomic mass is 10.0. The predicted molar refractivity (Wildman–Crippen MR) is 170 cm³/mol. The first kappa shape index (κ1) is 35.2. The lowest BCUT2D eigenvalue weighted by molar-refractivity contribution is -0.704. The minimum absolute atomic E-state index is 1.23. The Morgan fingerprint density at radius 2 is 0.816 bits per heavy atom. The molecule has 0 spiro atoms. The van der Waals surface area contributed by atoms with E-state index in [0.29, 0.717) is 0 Å². The van der Waals surface area contributed by atoms with Gasteiger partial charge in [-0.3, -0.25) is 0 Å². The molecule has 0 radical (unpaired) electrons. The number of nitrogens with zero attached hydrogens (tertiary/aromatic N) is 2. The molecule has 1 aromatic rings. The van der Waals surface area contributed by atoms with E-state index in [0.717, 1.165) is 0 Å². The molecule has 0 N–H and O–H groups in total. The third kappa shape index (κ3) is 20.2. The van der Waals surface area contributed by atoms with Gasteiger partial charge in [0.05, 0.1) is 13.1 Å². The summed E-state index contributed by atoms with van der Waals surface area (Å²) >= 11 is 0. The zero-order valence-corrected chi connectivity index (χ0v) is 26.8. The van der Waals surface area contributed by atoms with E-state index < -0.39 is 0 Å². The molecular weight excluding hydrogens is 460 g/mol. The summed E-state index contributed by atoms with van der Waals surface area (Å²) in [5.41, 5.74) is 0. The van der Waals surface area contributed by atoms with Crippen LogP contribution in [0.15, 0.2) is 12.4 Å². The quantitative estimate of drug-likeness (QED) is 0.0689. The summed E-state index contributed by atoms with van der Waals surface area (Å²) in [4.78, 5) is 0. The minimum atomic E-state index is 1.23. The van der Waals surface area contributed by atoms with Gasteiger partial charge in [-0.05, 0) is 32.1 Å². The van der Waals surface area contributed by atoms with Gasteiger partial charge in [0.25, 0.3) is 5.82 Å². The number of rotatable bonds is 30. The van der Waals surface area contributed by atoms with Gasteiger partial charge in [-0.1, -0.05) is 162 Å². The van der Waals surface area contributed by atoms with Gasteiger partial charge in [0.2, 0.25) is 0 Å². The van der Waals surface area contributed by atoms with Gasteiger partial charge < -0.3 is 0 Å². The lowest BCUT2D eigenvalue weighted by Gasteiger charge is -2.07. The van der Waals surface area contributed by atoms with Gasteiger partial charge in [-0.25, -0.2) is 9.13 Å². The summed E-state index contributed by atoms with van der Waals surface area (Å²) in [6.45, 7) is 9.39. The number of imidazole rings is 1. The molecule has 1 heterocycles. The van der Waals surface area contributed by atoms with Crippen molar-refractivity contribution < 1.29 is 4.57 Å². The van der Waals surface area contributed by atoms with E-state index in [1.165, 1.54) is 193 Å². The Bertz CT molecular complexity index is 590. The zero-order chi connectivity index (χ0) is 27.4. The van der Waals surface area contributed by atoms with Gasteiger partial charge in [0.15, 0.2) is 0 Å². The van der Waals surface area contributed by atoms with Gasteiger partial charge in [-0.2, -0.15) is 0 Å². The third-order valence-corrected chi connectivity index (χ3v) is 8.60. The second-order valence-corrected chi connectivity index (χ2v) is 12.3. The first-order chi connectivity index (χ1) is 18.8. The highest BCUT2D eigenvalue weighted by Gasteiger charge is 2.16. The second-order valence-electron chi connectivity index (χ2n) is 12.3. The smallest absolute Gasteiger partial charge is 0.234 e. The molecule has 0 aromatic carbocycles. The number of unbranched alkanes of at least 4 members (excludes halogenated alkanes) is 24. The second kappa shape index (κ2) is 27.8. The van der Waals surface area contributed by atoms with Crippen molar-refractivity contribution in [3.8, 4) is 0 Å². The van der Waals surface area contributed by atoms with E-state index in [2.05, 4.69) is 42.3 Å². The molecule has 224 valence electrons. The Morgan fingerprint density at radius 1 is 0.447 bits per heavy atom. The first-order valence-electron chi connectivity index (χ1n) is 17.9. The van der Waals surface area contributed by atoms with Crippen molar-refractivity contribution in [2.24, 2.45) is 0 Å². The van der Waals surface area contributed by atoms with Crippen LogP contribution in [0.25, 0.3) is 0 Å². The highest BCUT2D eigenvalue weighted by atomic mass is 15.1. The number of aromatic nitrogens is 2. The van der Waals surface area contributed by atoms with Crippen molar-refractivity contribution in [2.75, 3.05) is 0 Å². The van der Waals surface area contributed by atoms with Crippen molar-refractivity contribution in [1.29, 1.82) is 0 Å². The largest absolute Gasteiger partial charge is 0.256 e. The third-order valence-electron chi connectivity index (χ3n) is 8.60. The van der Waals surface area contributed by atoms with Crippen LogP contribution in [0.3, 0.4) is 0 Å². The van der Waals surface area contributed by atoms with Gasteiger partial charge in [0.1, 0.15) is 12.4 Å². The van der Waals surface area contributed by atoms with E-state index in [9.17, 15) is 0 Å². The molecule has 0 amide bonds. The highest BCUT2D eigenvalue weighted by Crippen LogP contribution is 2.15. The van der Waals surface area contributed by atoms with Gasteiger partial charge in [0, 0.05) is 6.42 Å². The fourth-order valence-corrected chi connectivity index (χ4v) is 5.97. The van der Waals surface area contributed by atoms with Crippen molar-refractivity contribution >= 4 is 0 Å². The molecular formula is C36H71N2+. The molecule has 0 bridgehead atoms. The molecule has 1 aromatic heterocycles. The van der Waals surface area contributed by atoms with E-state index in [-0.39, 0.29) is 0 Å². The monoisotopic (exact) mass is 532 g/mol. The average Bonchev–Trinajstić information content (AvgIpc) is 3.31. The van der Waals surface area contributed by atoms with Crippen LogP contribution in [0.4, 0.5) is 0 Å². The highest BCUT2D eigenvalue weighted by molar-refractivity contribution is 4.84. The minimum Gasteiger partial charge on any atom is -0.234 e. The number of hydrogen-bond acceptors (Lipinski definition) is 0. The average molecular weight is 532 g/mol. The Kier molecular flexibility index (Phi) is 25.7. The maximum Gasteiger partial charge on any atom is 0.256 e. The Morgan fingerprint density at radius 3 is 1.26 bits per heavy atom. The number of hydrogen-bond donors (Lipinski definition) is 0. The summed E-state index contributed by atoms with van der Waals surface area (Å²) in [7, 11) is 0. The van der Waals surface area contributed by atoms with Crippen molar-refractivity contribution in [1.82, 2.24) is 4.57 Å². The van der Waals surface area contributed by atoms with E-state index in [1.807, 2.05) is 0 Å². The molecule has 0 unspecified atom stereocenters. The summed E-state index contributed by atoms with van der Waals surface area (Å²) < 4.78 is 5.20. The molecule has 0 aliphatic heterocycles. The molecule has 2 nitrogen and oxygen atoms in total. The van der Waals surface area contributed by atoms with Gasteiger partial charge >= 0.3 is 0 Å². The van der Waals surface area contributed by atoms with Crippen LogP contribution in [0.2, 0.25) is 0 Å². The maximum atomic E-state index is 2.60.